The molecule has 0 aliphatic carbocycles. The largest absolute Gasteiger partial charge is 0.371 e. The minimum atomic E-state index is -0.442. The molecule has 3 N–H and O–H groups in total. The van der Waals surface area contributed by atoms with Crippen molar-refractivity contribution in [2.24, 2.45) is 0 Å². The Hall–Kier alpha value is -2.24. The molecule has 0 unspecified atom stereocenters. The lowest BCUT2D eigenvalue weighted by Crippen LogP contribution is -2.50. The van der Waals surface area contributed by atoms with Crippen LogP contribution >= 0.6 is 0 Å². The van der Waals surface area contributed by atoms with Gasteiger partial charge in [0, 0.05) is 31.4 Å². The number of piperidine rings is 1. The number of anilines is 1. The van der Waals surface area contributed by atoms with Gasteiger partial charge in [-0.05, 0) is 37.0 Å². The Morgan fingerprint density at radius 2 is 1.96 bits per heavy atom. The minimum absolute atomic E-state index is 0.0888. The molecule has 1 atom stereocenters. The Kier molecular flexibility index (Phi) is 4.69. The molecule has 3 amide bonds. The van der Waals surface area contributed by atoms with E-state index < -0.39 is 6.04 Å². The highest BCUT2D eigenvalue weighted by Crippen LogP contribution is 2.20. The van der Waals surface area contributed by atoms with Crippen LogP contribution in [0.1, 0.15) is 25.3 Å². The lowest BCUT2D eigenvalue weighted by atomic mass is 10.0. The van der Waals surface area contributed by atoms with Crippen molar-refractivity contribution >= 4 is 17.6 Å². The van der Waals surface area contributed by atoms with Crippen LogP contribution in [0.25, 0.3) is 0 Å². The summed E-state index contributed by atoms with van der Waals surface area (Å²) in [5.41, 5.74) is 2.60. The van der Waals surface area contributed by atoms with Gasteiger partial charge in [0.15, 0.2) is 0 Å². The summed E-state index contributed by atoms with van der Waals surface area (Å²) < 4.78 is 0. The molecule has 2 saturated heterocycles. The van der Waals surface area contributed by atoms with Gasteiger partial charge >= 0.3 is 6.03 Å². The average Bonchev–Trinajstić information content (AvgIpc) is 3.02. The predicted molar refractivity (Wildman–Crippen MR) is 89.5 cm³/mol. The van der Waals surface area contributed by atoms with Gasteiger partial charge in [0.05, 0.1) is 0 Å². The molecule has 124 valence electrons. The molecule has 2 aliphatic rings. The van der Waals surface area contributed by atoms with E-state index in [1.165, 1.54) is 11.3 Å². The van der Waals surface area contributed by atoms with E-state index in [1.54, 1.807) is 0 Å². The molecular formula is C17H24N4O2. The van der Waals surface area contributed by atoms with E-state index in [0.29, 0.717) is 6.54 Å². The lowest BCUT2D eigenvalue weighted by Gasteiger charge is -2.34. The van der Waals surface area contributed by atoms with Crippen molar-refractivity contribution < 1.29 is 9.59 Å². The Morgan fingerprint density at radius 3 is 2.52 bits per heavy atom. The number of rotatable bonds is 4. The van der Waals surface area contributed by atoms with E-state index in [9.17, 15) is 9.59 Å². The summed E-state index contributed by atoms with van der Waals surface area (Å²) in [7, 11) is 0. The number of benzene rings is 1. The Morgan fingerprint density at radius 1 is 1.26 bits per heavy atom. The zero-order valence-electron chi connectivity index (χ0n) is 13.5. The summed E-state index contributed by atoms with van der Waals surface area (Å²) in [5.74, 6) is -0.0888. The molecule has 1 aromatic carbocycles. The van der Waals surface area contributed by atoms with Gasteiger partial charge in [-0.15, -0.1) is 0 Å². The first kappa shape index (κ1) is 15.6. The van der Waals surface area contributed by atoms with Gasteiger partial charge in [0.1, 0.15) is 6.04 Å². The van der Waals surface area contributed by atoms with Gasteiger partial charge in [0.25, 0.3) is 0 Å². The first-order valence-electron chi connectivity index (χ1n) is 8.34. The predicted octanol–water partition coefficient (Wildman–Crippen LogP) is 1.02. The van der Waals surface area contributed by atoms with Crippen LogP contribution in [0.15, 0.2) is 24.3 Å². The molecule has 1 aromatic rings. The zero-order valence-corrected chi connectivity index (χ0v) is 13.5. The Balaban J connectivity index is 1.48. The highest BCUT2D eigenvalue weighted by atomic mass is 16.2. The standard InChI is InChI=1S/C17H24N4O2/c1-2-12-3-5-14(6-4-12)21-9-7-13(8-10-21)19-16(22)15-11-18-17(23)20-15/h3-6,13,15H,2,7-11H2,1H3,(H,19,22)(H2,18,20,23)/t15-/m1/s1. The molecule has 0 radical (unpaired) electrons. The molecule has 2 aliphatic heterocycles. The molecule has 2 heterocycles. The van der Waals surface area contributed by atoms with Crippen molar-refractivity contribution in [3.05, 3.63) is 29.8 Å². The fraction of sp³-hybridized carbons (Fsp3) is 0.529. The summed E-state index contributed by atoms with van der Waals surface area (Å²) in [6.45, 7) is 4.40. The molecule has 2 fully saturated rings. The van der Waals surface area contributed by atoms with Crippen LogP contribution in [-0.2, 0) is 11.2 Å². The van der Waals surface area contributed by atoms with Crippen LogP contribution in [0, 0.1) is 0 Å². The molecule has 3 rings (SSSR count). The number of carbonyl (C=O) groups is 2. The SMILES string of the molecule is CCc1ccc(N2CCC(NC(=O)[C@H]3CNC(=O)N3)CC2)cc1. The third-order valence-electron chi connectivity index (χ3n) is 4.64. The monoisotopic (exact) mass is 316 g/mol. The number of aryl methyl sites for hydroxylation is 1. The number of hydrogen-bond acceptors (Lipinski definition) is 3. The first-order chi connectivity index (χ1) is 11.2. The third kappa shape index (κ3) is 3.75. The summed E-state index contributed by atoms with van der Waals surface area (Å²) in [4.78, 5) is 25.6. The maximum Gasteiger partial charge on any atom is 0.315 e. The third-order valence-corrected chi connectivity index (χ3v) is 4.64. The fourth-order valence-corrected chi connectivity index (χ4v) is 3.14. The average molecular weight is 316 g/mol. The second-order valence-electron chi connectivity index (χ2n) is 6.20. The number of amides is 3. The van der Waals surface area contributed by atoms with Crippen molar-refractivity contribution in [2.45, 2.75) is 38.3 Å². The molecule has 6 nitrogen and oxygen atoms in total. The zero-order chi connectivity index (χ0) is 16.2. The van der Waals surface area contributed by atoms with Crippen LogP contribution in [0.5, 0.6) is 0 Å². The van der Waals surface area contributed by atoms with Gasteiger partial charge in [-0.3, -0.25) is 4.79 Å². The number of carbonyl (C=O) groups excluding carboxylic acids is 2. The first-order valence-corrected chi connectivity index (χ1v) is 8.34. The molecule has 0 saturated carbocycles. The van der Waals surface area contributed by atoms with E-state index in [4.69, 9.17) is 0 Å². The van der Waals surface area contributed by atoms with Crippen molar-refractivity contribution in [2.75, 3.05) is 24.5 Å². The van der Waals surface area contributed by atoms with Crippen molar-refractivity contribution in [1.29, 1.82) is 0 Å². The van der Waals surface area contributed by atoms with Crippen molar-refractivity contribution in [1.82, 2.24) is 16.0 Å². The van der Waals surface area contributed by atoms with Gasteiger partial charge in [-0.2, -0.15) is 0 Å². The van der Waals surface area contributed by atoms with Crippen LogP contribution < -0.4 is 20.9 Å². The van der Waals surface area contributed by atoms with Gasteiger partial charge in [0.2, 0.25) is 5.91 Å². The molecule has 0 spiro atoms. The Labute approximate surface area is 136 Å². The maximum absolute atomic E-state index is 12.1. The van der Waals surface area contributed by atoms with Gasteiger partial charge in [-0.25, -0.2) is 4.79 Å². The van der Waals surface area contributed by atoms with Gasteiger partial charge in [-0.1, -0.05) is 19.1 Å². The molecular weight excluding hydrogens is 292 g/mol. The number of nitrogens with one attached hydrogen (secondary N) is 3. The summed E-state index contributed by atoms with van der Waals surface area (Å²) in [6.07, 6.45) is 2.91. The number of nitrogens with zero attached hydrogens (tertiary/aromatic N) is 1. The smallest absolute Gasteiger partial charge is 0.315 e. The second kappa shape index (κ2) is 6.89. The molecule has 23 heavy (non-hydrogen) atoms. The van der Waals surface area contributed by atoms with Crippen LogP contribution in [0.4, 0.5) is 10.5 Å². The van der Waals surface area contributed by atoms with Gasteiger partial charge < -0.3 is 20.9 Å². The number of hydrogen-bond donors (Lipinski definition) is 3. The van der Waals surface area contributed by atoms with E-state index in [2.05, 4.69) is 52.0 Å². The topological polar surface area (TPSA) is 73.5 Å². The maximum atomic E-state index is 12.1. The van der Waals surface area contributed by atoms with Crippen molar-refractivity contribution in [3.8, 4) is 0 Å². The quantitative estimate of drug-likeness (QED) is 0.776. The fourth-order valence-electron chi connectivity index (χ4n) is 3.14. The highest BCUT2D eigenvalue weighted by molar-refractivity contribution is 5.90. The van der Waals surface area contributed by atoms with E-state index >= 15 is 0 Å². The highest BCUT2D eigenvalue weighted by Gasteiger charge is 2.29. The minimum Gasteiger partial charge on any atom is -0.371 e. The summed E-state index contributed by atoms with van der Waals surface area (Å²) in [5, 5.41) is 8.27. The number of urea groups is 1. The van der Waals surface area contributed by atoms with E-state index in [1.807, 2.05) is 0 Å². The molecule has 0 bridgehead atoms. The summed E-state index contributed by atoms with van der Waals surface area (Å²) in [6, 6.07) is 8.19. The summed E-state index contributed by atoms with van der Waals surface area (Å²) >= 11 is 0. The molecule has 6 heteroatoms. The normalized spacial score (nSPS) is 21.7. The van der Waals surface area contributed by atoms with E-state index in [-0.39, 0.29) is 18.0 Å². The molecule has 0 aromatic heterocycles. The lowest BCUT2D eigenvalue weighted by molar-refractivity contribution is -0.123. The van der Waals surface area contributed by atoms with E-state index in [0.717, 1.165) is 32.4 Å². The van der Waals surface area contributed by atoms with Crippen molar-refractivity contribution in [3.63, 3.8) is 0 Å². The van der Waals surface area contributed by atoms with Crippen LogP contribution in [0.2, 0.25) is 0 Å². The Bertz CT molecular complexity index is 564. The van der Waals surface area contributed by atoms with Crippen LogP contribution in [-0.4, -0.2) is 43.7 Å². The second-order valence-corrected chi connectivity index (χ2v) is 6.20. The van der Waals surface area contributed by atoms with Crippen LogP contribution in [0.3, 0.4) is 0 Å².